The van der Waals surface area contributed by atoms with Crippen LogP contribution in [0.1, 0.15) is 0 Å². The number of H-pyrrole nitrogens is 3. The Labute approximate surface area is 146 Å². The number of aromatic nitrogens is 7. The first kappa shape index (κ1) is 14.3. The van der Waals surface area contributed by atoms with Gasteiger partial charge in [0.1, 0.15) is 17.3 Å². The van der Waals surface area contributed by atoms with Gasteiger partial charge in [0.25, 0.3) is 0 Å². The van der Waals surface area contributed by atoms with E-state index in [2.05, 4.69) is 46.0 Å². The third kappa shape index (κ3) is 2.36. The van der Waals surface area contributed by atoms with E-state index in [9.17, 15) is 0 Å². The van der Waals surface area contributed by atoms with Crippen LogP contribution in [0.4, 0.5) is 29.0 Å². The largest absolute Gasteiger partial charge is 0.368 e. The van der Waals surface area contributed by atoms with Crippen LogP contribution in [0.15, 0.2) is 42.9 Å². The van der Waals surface area contributed by atoms with Gasteiger partial charge in [-0.15, -0.1) is 0 Å². The van der Waals surface area contributed by atoms with Gasteiger partial charge in [0, 0.05) is 23.3 Å². The number of benzene rings is 1. The number of nitrogen functional groups attached to an aromatic ring is 1. The summed E-state index contributed by atoms with van der Waals surface area (Å²) in [4.78, 5) is 11.7. The zero-order valence-corrected chi connectivity index (χ0v) is 13.4. The van der Waals surface area contributed by atoms with E-state index in [0.717, 1.165) is 27.7 Å². The number of nitrogens with zero attached hydrogens (tertiary/aromatic N) is 4. The van der Waals surface area contributed by atoms with Crippen molar-refractivity contribution >= 4 is 50.9 Å². The molecule has 4 heterocycles. The summed E-state index contributed by atoms with van der Waals surface area (Å²) in [5.74, 6) is 1.45. The number of anilines is 5. The average molecular weight is 346 g/mol. The first-order valence-electron chi connectivity index (χ1n) is 7.87. The van der Waals surface area contributed by atoms with Crippen molar-refractivity contribution in [1.82, 2.24) is 35.3 Å². The highest BCUT2D eigenvalue weighted by molar-refractivity contribution is 6.01. The molecule has 0 spiro atoms. The normalized spacial score (nSPS) is 11.2. The zero-order chi connectivity index (χ0) is 17.5. The minimum absolute atomic E-state index is 0.173. The van der Waals surface area contributed by atoms with Gasteiger partial charge in [-0.25, -0.2) is 0 Å². The molecule has 0 aliphatic heterocycles. The Kier molecular flexibility index (Phi) is 3.01. The van der Waals surface area contributed by atoms with Crippen molar-refractivity contribution in [3.8, 4) is 0 Å². The molecule has 0 aliphatic rings. The molecule has 5 rings (SSSR count). The molecule has 0 amide bonds. The molecule has 0 radical (unpaired) electrons. The number of hydrogen-bond donors (Lipinski definition) is 6. The van der Waals surface area contributed by atoms with Crippen molar-refractivity contribution in [1.29, 1.82) is 0 Å². The van der Waals surface area contributed by atoms with Gasteiger partial charge >= 0.3 is 0 Å². The Balaban J connectivity index is 1.58. The van der Waals surface area contributed by atoms with Crippen LogP contribution >= 0.6 is 0 Å². The predicted octanol–water partition coefficient (Wildman–Crippen LogP) is 2.63. The maximum atomic E-state index is 5.83. The van der Waals surface area contributed by atoms with Gasteiger partial charge in [0.05, 0.1) is 29.0 Å². The second kappa shape index (κ2) is 5.48. The van der Waals surface area contributed by atoms with Gasteiger partial charge in [0.15, 0.2) is 0 Å². The van der Waals surface area contributed by atoms with Crippen LogP contribution in [-0.2, 0) is 0 Å². The molecular formula is C16H14N10. The third-order valence-corrected chi connectivity index (χ3v) is 4.02. The van der Waals surface area contributed by atoms with E-state index in [4.69, 9.17) is 5.73 Å². The van der Waals surface area contributed by atoms with Gasteiger partial charge in [-0.1, -0.05) is 0 Å². The first-order valence-corrected chi connectivity index (χ1v) is 7.87. The van der Waals surface area contributed by atoms with E-state index < -0.39 is 0 Å². The molecule has 0 aliphatic carbocycles. The van der Waals surface area contributed by atoms with Crippen LogP contribution in [0.3, 0.4) is 0 Å². The minimum Gasteiger partial charge on any atom is -0.368 e. The van der Waals surface area contributed by atoms with Gasteiger partial charge in [-0.3, -0.25) is 10.2 Å². The fourth-order valence-electron chi connectivity index (χ4n) is 2.86. The summed E-state index contributed by atoms with van der Waals surface area (Å²) in [6.07, 6.45) is 5.27. The summed E-state index contributed by atoms with van der Waals surface area (Å²) in [6.45, 7) is 0. The Morgan fingerprint density at radius 2 is 1.96 bits per heavy atom. The van der Waals surface area contributed by atoms with Crippen molar-refractivity contribution in [2.24, 2.45) is 0 Å². The summed E-state index contributed by atoms with van der Waals surface area (Å²) in [5, 5.41) is 22.2. The smallest absolute Gasteiger partial charge is 0.224 e. The van der Waals surface area contributed by atoms with E-state index in [0.29, 0.717) is 17.3 Å². The lowest BCUT2D eigenvalue weighted by molar-refractivity contribution is 1.09. The molecule has 1 aromatic carbocycles. The molecule has 0 fully saturated rings. The third-order valence-electron chi connectivity index (χ3n) is 4.02. The number of nitrogens with one attached hydrogen (secondary N) is 5. The average Bonchev–Trinajstić information content (AvgIpc) is 3.35. The Bertz CT molecular complexity index is 1200. The SMILES string of the molecule is Nc1nc(Nc2ccn[nH]2)c2c(Nc3ccc4cn[nH]c4c3)c[nH]c2n1. The second-order valence-electron chi connectivity index (χ2n) is 5.75. The second-order valence-corrected chi connectivity index (χ2v) is 5.75. The standard InChI is InChI=1S/C16H14N10/c17-16-23-14-13(15(24-16)22-12-3-4-19-26-12)11(7-18-14)21-9-2-1-8-6-20-25-10(8)5-9/h1-7,21H,(H,20,25)(H5,17,18,19,22,23,24,26). The minimum atomic E-state index is 0.173. The molecule has 128 valence electrons. The Morgan fingerprint density at radius 3 is 2.85 bits per heavy atom. The van der Waals surface area contributed by atoms with E-state index >= 15 is 0 Å². The number of aromatic amines is 3. The van der Waals surface area contributed by atoms with Crippen molar-refractivity contribution in [2.75, 3.05) is 16.4 Å². The molecule has 26 heavy (non-hydrogen) atoms. The summed E-state index contributed by atoms with van der Waals surface area (Å²) >= 11 is 0. The number of fused-ring (bicyclic) bond motifs is 2. The fraction of sp³-hybridized carbons (Fsp3) is 0. The molecule has 10 nitrogen and oxygen atoms in total. The van der Waals surface area contributed by atoms with Gasteiger partial charge < -0.3 is 21.4 Å². The lowest BCUT2D eigenvalue weighted by atomic mass is 10.2. The molecule has 0 unspecified atom stereocenters. The zero-order valence-electron chi connectivity index (χ0n) is 13.4. The van der Waals surface area contributed by atoms with Gasteiger partial charge in [0.2, 0.25) is 5.95 Å². The molecule has 0 saturated heterocycles. The van der Waals surface area contributed by atoms with Gasteiger partial charge in [-0.05, 0) is 18.2 Å². The Hall–Kier alpha value is -4.08. The molecule has 4 aromatic heterocycles. The monoisotopic (exact) mass is 346 g/mol. The van der Waals surface area contributed by atoms with Crippen molar-refractivity contribution < 1.29 is 0 Å². The molecule has 5 aromatic rings. The molecular weight excluding hydrogens is 332 g/mol. The number of rotatable bonds is 4. The highest BCUT2D eigenvalue weighted by Gasteiger charge is 2.14. The molecule has 0 saturated carbocycles. The van der Waals surface area contributed by atoms with E-state index in [1.807, 2.05) is 24.4 Å². The van der Waals surface area contributed by atoms with Crippen molar-refractivity contribution in [2.45, 2.75) is 0 Å². The fourth-order valence-corrected chi connectivity index (χ4v) is 2.86. The van der Waals surface area contributed by atoms with Crippen LogP contribution < -0.4 is 16.4 Å². The summed E-state index contributed by atoms with van der Waals surface area (Å²) in [6, 6.07) is 7.77. The lowest BCUT2D eigenvalue weighted by Gasteiger charge is -2.09. The highest BCUT2D eigenvalue weighted by atomic mass is 15.2. The summed E-state index contributed by atoms with van der Waals surface area (Å²) in [5.41, 5.74) is 9.14. The molecule has 0 bridgehead atoms. The lowest BCUT2D eigenvalue weighted by Crippen LogP contribution is -2.02. The quantitative estimate of drug-likeness (QED) is 0.293. The Morgan fingerprint density at radius 1 is 1.00 bits per heavy atom. The number of nitrogens with two attached hydrogens (primary N) is 1. The van der Waals surface area contributed by atoms with E-state index in [-0.39, 0.29) is 5.95 Å². The van der Waals surface area contributed by atoms with Crippen LogP contribution in [0.2, 0.25) is 0 Å². The van der Waals surface area contributed by atoms with Crippen molar-refractivity contribution in [3.63, 3.8) is 0 Å². The maximum absolute atomic E-state index is 5.83. The summed E-state index contributed by atoms with van der Waals surface area (Å²) in [7, 11) is 0. The van der Waals surface area contributed by atoms with Crippen LogP contribution in [0.25, 0.3) is 21.9 Å². The topological polar surface area (TPSA) is 149 Å². The highest BCUT2D eigenvalue weighted by Crippen LogP contribution is 2.32. The van der Waals surface area contributed by atoms with Crippen LogP contribution in [0, 0.1) is 0 Å². The van der Waals surface area contributed by atoms with Crippen molar-refractivity contribution in [3.05, 3.63) is 42.9 Å². The molecule has 10 heteroatoms. The van der Waals surface area contributed by atoms with Crippen LogP contribution in [-0.4, -0.2) is 35.3 Å². The molecule has 7 N–H and O–H groups in total. The van der Waals surface area contributed by atoms with Gasteiger partial charge in [-0.2, -0.15) is 20.2 Å². The maximum Gasteiger partial charge on any atom is 0.224 e. The first-order chi connectivity index (χ1) is 12.8. The number of hydrogen-bond acceptors (Lipinski definition) is 7. The predicted molar refractivity (Wildman–Crippen MR) is 99.5 cm³/mol. The molecule has 0 atom stereocenters. The summed E-state index contributed by atoms with van der Waals surface area (Å²) < 4.78 is 0. The van der Waals surface area contributed by atoms with Crippen LogP contribution in [0.5, 0.6) is 0 Å². The van der Waals surface area contributed by atoms with E-state index in [1.165, 1.54) is 0 Å². The van der Waals surface area contributed by atoms with E-state index in [1.54, 1.807) is 18.5 Å².